The second kappa shape index (κ2) is 7.98. The molecule has 0 aliphatic carbocycles. The summed E-state index contributed by atoms with van der Waals surface area (Å²) in [6.45, 7) is 5.50. The van der Waals surface area contributed by atoms with Gasteiger partial charge in [0.1, 0.15) is 11.6 Å². The fraction of sp³-hybridized carbons (Fsp3) is 0.333. The van der Waals surface area contributed by atoms with Crippen molar-refractivity contribution in [3.8, 4) is 22.8 Å². The van der Waals surface area contributed by atoms with Crippen molar-refractivity contribution in [1.29, 1.82) is 0 Å². The number of aromatic nitrogens is 1. The van der Waals surface area contributed by atoms with Crippen LogP contribution in [0.15, 0.2) is 29.4 Å². The average Bonchev–Trinajstić information content (AvgIpc) is 3.04. The lowest BCUT2D eigenvalue weighted by Gasteiger charge is -2.28. The van der Waals surface area contributed by atoms with Crippen LogP contribution in [0, 0.1) is 10.7 Å². The van der Waals surface area contributed by atoms with Gasteiger partial charge in [-0.05, 0) is 59.6 Å². The Bertz CT molecular complexity index is 1030. The zero-order valence-corrected chi connectivity index (χ0v) is 16.5. The van der Waals surface area contributed by atoms with E-state index < -0.39 is 0 Å². The first-order valence-electron chi connectivity index (χ1n) is 9.28. The zero-order chi connectivity index (χ0) is 20.4. The van der Waals surface area contributed by atoms with E-state index in [1.165, 1.54) is 19.2 Å². The van der Waals surface area contributed by atoms with E-state index in [9.17, 15) is 14.4 Å². The van der Waals surface area contributed by atoms with E-state index >= 15 is 0 Å². The topological polar surface area (TPSA) is 77.9 Å². The van der Waals surface area contributed by atoms with Gasteiger partial charge in [-0.3, -0.25) is 0 Å². The fourth-order valence-corrected chi connectivity index (χ4v) is 3.75. The fourth-order valence-electron chi connectivity index (χ4n) is 3.75. The highest BCUT2D eigenvalue weighted by Gasteiger charge is 2.25. The largest absolute Gasteiger partial charge is 0.496 e. The van der Waals surface area contributed by atoms with Crippen molar-refractivity contribution in [3.63, 3.8) is 0 Å². The quantitative estimate of drug-likeness (QED) is 0.615. The maximum absolute atomic E-state index is 13.9. The van der Waals surface area contributed by atoms with Gasteiger partial charge < -0.3 is 19.7 Å². The number of ether oxygens (including phenoxy) is 1. The highest BCUT2D eigenvalue weighted by atomic mass is 19.1. The van der Waals surface area contributed by atoms with Crippen molar-refractivity contribution < 1.29 is 14.2 Å². The second-order valence-electron chi connectivity index (χ2n) is 6.55. The number of nitrogens with zero attached hydrogens (tertiary/aromatic N) is 2. The highest BCUT2D eigenvalue weighted by molar-refractivity contribution is 6.00. The lowest BCUT2D eigenvalue weighted by atomic mass is 9.88. The molecule has 148 valence electrons. The molecule has 0 spiro atoms. The summed E-state index contributed by atoms with van der Waals surface area (Å²) in [7, 11) is 3.54. The van der Waals surface area contributed by atoms with E-state index in [4.69, 9.17) is 4.74 Å². The van der Waals surface area contributed by atoms with Crippen molar-refractivity contribution in [2.75, 3.05) is 20.7 Å². The first kappa shape index (κ1) is 19.8. The molecule has 0 unspecified atom stereocenters. The number of H-pyrrole nitrogens is 1. The van der Waals surface area contributed by atoms with Gasteiger partial charge in [-0.25, -0.2) is 4.39 Å². The van der Waals surface area contributed by atoms with Gasteiger partial charge in [0, 0.05) is 24.0 Å². The number of rotatable bonds is 3. The minimum absolute atomic E-state index is 0.0346. The van der Waals surface area contributed by atoms with Crippen LogP contribution in [0.4, 0.5) is 10.1 Å². The van der Waals surface area contributed by atoms with E-state index in [0.29, 0.717) is 28.8 Å². The Morgan fingerprint density at radius 1 is 1.21 bits per heavy atom. The maximum atomic E-state index is 13.9. The molecular weight excluding hydrogens is 361 g/mol. The molecule has 1 aliphatic heterocycles. The van der Waals surface area contributed by atoms with Crippen LogP contribution in [0.2, 0.25) is 0 Å². The van der Waals surface area contributed by atoms with E-state index in [1.807, 2.05) is 20.9 Å². The van der Waals surface area contributed by atoms with Gasteiger partial charge in [0.2, 0.25) is 5.88 Å². The van der Waals surface area contributed by atoms with Gasteiger partial charge >= 0.3 is 0 Å². The Balaban J connectivity index is 0.00000109. The molecule has 3 aromatic rings. The Morgan fingerprint density at radius 3 is 2.64 bits per heavy atom. The third-order valence-corrected chi connectivity index (χ3v) is 4.99. The van der Waals surface area contributed by atoms with Crippen LogP contribution in [-0.4, -0.2) is 35.7 Å². The first-order valence-corrected chi connectivity index (χ1v) is 9.28. The van der Waals surface area contributed by atoms with E-state index in [0.717, 1.165) is 29.7 Å². The third kappa shape index (κ3) is 3.22. The number of nitrogens with one attached hydrogen (secondary N) is 1. The monoisotopic (exact) mass is 385 g/mol. The molecule has 1 aliphatic rings. The van der Waals surface area contributed by atoms with Gasteiger partial charge in [0.15, 0.2) is 5.69 Å². The number of likely N-dealkylation sites (N-methyl/N-ethyl adjacent to an activating group) is 1. The molecule has 28 heavy (non-hydrogen) atoms. The third-order valence-electron chi connectivity index (χ3n) is 4.99. The number of nitroso groups, excluding NO2 is 1. The number of halogens is 1. The molecule has 0 radical (unpaired) electrons. The minimum Gasteiger partial charge on any atom is -0.496 e. The van der Waals surface area contributed by atoms with E-state index in [2.05, 4.69) is 15.1 Å². The molecule has 2 heterocycles. The number of methoxy groups -OCH3 is 1. The van der Waals surface area contributed by atoms with Gasteiger partial charge in [-0.2, -0.15) is 0 Å². The van der Waals surface area contributed by atoms with Crippen LogP contribution < -0.4 is 4.74 Å². The molecule has 0 atom stereocenters. The van der Waals surface area contributed by atoms with Gasteiger partial charge in [0.05, 0.1) is 12.6 Å². The normalized spacial score (nSPS) is 13.6. The summed E-state index contributed by atoms with van der Waals surface area (Å²) in [5.41, 5.74) is 4.10. The van der Waals surface area contributed by atoms with Crippen molar-refractivity contribution in [1.82, 2.24) is 9.88 Å². The highest BCUT2D eigenvalue weighted by Crippen LogP contribution is 2.44. The summed E-state index contributed by atoms with van der Waals surface area (Å²) < 4.78 is 19.4. The Kier molecular flexibility index (Phi) is 5.65. The molecule has 2 N–H and O–H groups in total. The number of aromatic amines is 1. The average molecular weight is 385 g/mol. The summed E-state index contributed by atoms with van der Waals surface area (Å²) in [5, 5.41) is 13.6. The van der Waals surface area contributed by atoms with Gasteiger partial charge in [-0.15, -0.1) is 4.91 Å². The molecule has 0 amide bonds. The molecule has 2 aromatic carbocycles. The predicted octanol–water partition coefficient (Wildman–Crippen LogP) is 5.10. The number of hydrogen-bond acceptors (Lipinski definition) is 5. The van der Waals surface area contributed by atoms with Crippen molar-refractivity contribution in [3.05, 3.63) is 46.1 Å². The van der Waals surface area contributed by atoms with Crippen molar-refractivity contribution >= 4 is 16.6 Å². The summed E-state index contributed by atoms with van der Waals surface area (Å²) >= 11 is 0. The van der Waals surface area contributed by atoms with Gasteiger partial charge in [-0.1, -0.05) is 13.8 Å². The van der Waals surface area contributed by atoms with Crippen molar-refractivity contribution in [2.45, 2.75) is 26.8 Å². The molecule has 7 heteroatoms. The molecular formula is C21H24FN3O3. The number of fused-ring (bicyclic) bond motifs is 3. The lowest BCUT2D eigenvalue weighted by molar-refractivity contribution is 0.314. The molecule has 6 nitrogen and oxygen atoms in total. The number of benzene rings is 2. The molecule has 0 fully saturated rings. The second-order valence-corrected chi connectivity index (χ2v) is 6.55. The molecule has 1 aromatic heterocycles. The lowest BCUT2D eigenvalue weighted by Crippen LogP contribution is -2.27. The van der Waals surface area contributed by atoms with Crippen LogP contribution in [0.5, 0.6) is 11.6 Å². The predicted molar refractivity (Wildman–Crippen MR) is 109 cm³/mol. The number of aromatic hydroxyl groups is 1. The summed E-state index contributed by atoms with van der Waals surface area (Å²) in [5.74, 6) is -0.0748. The van der Waals surface area contributed by atoms with Gasteiger partial charge in [0.25, 0.3) is 0 Å². The van der Waals surface area contributed by atoms with Crippen LogP contribution in [0.3, 0.4) is 0 Å². The minimum atomic E-state index is -0.367. The smallest absolute Gasteiger partial charge is 0.219 e. The summed E-state index contributed by atoms with van der Waals surface area (Å²) in [6, 6.07) is 6.15. The van der Waals surface area contributed by atoms with E-state index in [-0.39, 0.29) is 17.4 Å². The van der Waals surface area contributed by atoms with Crippen molar-refractivity contribution in [2.24, 2.45) is 5.18 Å². The standard InChI is InChI=1S/C19H18FN3O3.C2H6/c1-23-6-5-11-12(13-7-10(20)3-4-16(13)26-2)8-14-17(15(11)9-23)21-19(24)18(14)22-25;1-2/h3-4,7-8,21,24H,5-6,9H2,1-2H3;1-2H3. The van der Waals surface area contributed by atoms with Crippen LogP contribution in [0.25, 0.3) is 22.0 Å². The van der Waals surface area contributed by atoms with E-state index in [1.54, 1.807) is 12.1 Å². The Labute approximate surface area is 162 Å². The molecule has 0 saturated carbocycles. The Hall–Kier alpha value is -2.93. The van der Waals surface area contributed by atoms with Crippen LogP contribution in [0.1, 0.15) is 25.0 Å². The molecule has 0 saturated heterocycles. The summed E-state index contributed by atoms with van der Waals surface area (Å²) in [6.07, 6.45) is 0.764. The SMILES string of the molecule is CC.COc1ccc(F)cc1-c1cc2c(N=O)c(O)[nH]c2c2c1CCN(C)C2. The summed E-state index contributed by atoms with van der Waals surface area (Å²) in [4.78, 5) is 16.3. The molecule has 0 bridgehead atoms. The zero-order valence-electron chi connectivity index (χ0n) is 16.5. The maximum Gasteiger partial charge on any atom is 0.219 e. The first-order chi connectivity index (χ1) is 13.5. The Morgan fingerprint density at radius 2 is 1.96 bits per heavy atom. The molecule has 4 rings (SSSR count). The van der Waals surface area contributed by atoms with Crippen LogP contribution in [-0.2, 0) is 13.0 Å². The van der Waals surface area contributed by atoms with Crippen LogP contribution >= 0.6 is 0 Å². The number of hydrogen-bond donors (Lipinski definition) is 2.